The number of fused-ring (bicyclic) bond motifs is 1. The molecule has 2 aliphatic heterocycles. The number of carbonyl (C=O) groups is 2. The van der Waals surface area contributed by atoms with Gasteiger partial charge in [-0.25, -0.2) is 4.79 Å². The number of benzene rings is 1. The van der Waals surface area contributed by atoms with Crippen molar-refractivity contribution in [1.82, 2.24) is 4.90 Å². The van der Waals surface area contributed by atoms with Crippen LogP contribution in [0.1, 0.15) is 50.7 Å². The molecule has 2 heterocycles. The molecule has 1 N–H and O–H groups in total. The largest absolute Gasteiger partial charge is 0.444 e. The molecule has 0 bridgehead atoms. The first-order valence-corrected chi connectivity index (χ1v) is 8.22. The van der Waals surface area contributed by atoms with E-state index in [9.17, 15) is 9.59 Å². The molecule has 23 heavy (non-hydrogen) atoms. The summed E-state index contributed by atoms with van der Waals surface area (Å²) in [5.41, 5.74) is 2.68. The van der Waals surface area contributed by atoms with Crippen molar-refractivity contribution in [3.63, 3.8) is 0 Å². The first-order chi connectivity index (χ1) is 10.8. The maximum absolute atomic E-state index is 12.3. The van der Waals surface area contributed by atoms with Gasteiger partial charge in [-0.2, -0.15) is 0 Å². The van der Waals surface area contributed by atoms with Crippen LogP contribution >= 0.6 is 0 Å². The van der Waals surface area contributed by atoms with E-state index in [2.05, 4.69) is 17.4 Å². The van der Waals surface area contributed by atoms with Crippen LogP contribution in [0.25, 0.3) is 0 Å². The SMILES string of the molecule is CC(C)(C)OC(=O)N1CCCC(c2ccc3c(c2)NC(=O)C3)C1. The number of anilines is 1. The number of rotatable bonds is 1. The lowest BCUT2D eigenvalue weighted by Crippen LogP contribution is -2.42. The molecule has 0 aromatic heterocycles. The molecule has 1 aromatic carbocycles. The zero-order valence-electron chi connectivity index (χ0n) is 14.0. The van der Waals surface area contributed by atoms with Crippen molar-refractivity contribution in [3.05, 3.63) is 29.3 Å². The van der Waals surface area contributed by atoms with Crippen molar-refractivity contribution >= 4 is 17.7 Å². The molecule has 1 fully saturated rings. The molecule has 0 aliphatic carbocycles. The normalized spacial score (nSPS) is 20.9. The minimum absolute atomic E-state index is 0.0520. The monoisotopic (exact) mass is 316 g/mol. The summed E-state index contributed by atoms with van der Waals surface area (Å²) in [6.45, 7) is 7.06. The number of nitrogens with zero attached hydrogens (tertiary/aromatic N) is 1. The van der Waals surface area contributed by atoms with Gasteiger partial charge in [-0.3, -0.25) is 4.79 Å². The molecule has 5 heteroatoms. The number of piperidine rings is 1. The summed E-state index contributed by atoms with van der Waals surface area (Å²) < 4.78 is 5.48. The van der Waals surface area contributed by atoms with Crippen LogP contribution in [0.15, 0.2) is 18.2 Å². The fourth-order valence-corrected chi connectivity index (χ4v) is 3.23. The number of likely N-dealkylation sites (tertiary alicyclic amines) is 1. The highest BCUT2D eigenvalue weighted by Crippen LogP contribution is 2.32. The van der Waals surface area contributed by atoms with Crippen molar-refractivity contribution in [2.75, 3.05) is 18.4 Å². The van der Waals surface area contributed by atoms with Gasteiger partial charge in [0.15, 0.2) is 0 Å². The highest BCUT2D eigenvalue weighted by Gasteiger charge is 2.29. The van der Waals surface area contributed by atoms with Gasteiger partial charge in [-0.15, -0.1) is 0 Å². The smallest absolute Gasteiger partial charge is 0.410 e. The van der Waals surface area contributed by atoms with E-state index in [1.807, 2.05) is 26.8 Å². The van der Waals surface area contributed by atoms with Gasteiger partial charge >= 0.3 is 6.09 Å². The zero-order chi connectivity index (χ0) is 16.6. The fourth-order valence-electron chi connectivity index (χ4n) is 3.23. The van der Waals surface area contributed by atoms with Crippen LogP contribution in [0.3, 0.4) is 0 Å². The molecular weight excluding hydrogens is 292 g/mol. The van der Waals surface area contributed by atoms with Crippen LogP contribution < -0.4 is 5.32 Å². The average molecular weight is 316 g/mol. The Morgan fingerprint density at radius 1 is 1.35 bits per heavy atom. The molecule has 1 saturated heterocycles. The highest BCUT2D eigenvalue weighted by molar-refractivity contribution is 5.99. The second-order valence-corrected chi connectivity index (χ2v) is 7.41. The minimum Gasteiger partial charge on any atom is -0.444 e. The van der Waals surface area contributed by atoms with Crippen LogP contribution in [0.2, 0.25) is 0 Å². The molecular formula is C18H24N2O3. The summed E-state index contributed by atoms with van der Waals surface area (Å²) in [4.78, 5) is 25.5. The third-order valence-corrected chi connectivity index (χ3v) is 4.30. The zero-order valence-corrected chi connectivity index (χ0v) is 14.0. The van der Waals surface area contributed by atoms with E-state index in [1.165, 1.54) is 5.56 Å². The van der Waals surface area contributed by atoms with Crippen molar-refractivity contribution in [2.45, 2.75) is 51.6 Å². The maximum Gasteiger partial charge on any atom is 0.410 e. The Morgan fingerprint density at radius 2 is 2.13 bits per heavy atom. The lowest BCUT2D eigenvalue weighted by Gasteiger charge is -2.34. The lowest BCUT2D eigenvalue weighted by atomic mass is 9.90. The van der Waals surface area contributed by atoms with E-state index >= 15 is 0 Å². The Labute approximate surface area is 137 Å². The number of hydrogen-bond donors (Lipinski definition) is 1. The molecule has 0 saturated carbocycles. The summed E-state index contributed by atoms with van der Waals surface area (Å²) >= 11 is 0. The minimum atomic E-state index is -0.470. The molecule has 2 aliphatic rings. The van der Waals surface area contributed by atoms with E-state index in [4.69, 9.17) is 4.74 Å². The van der Waals surface area contributed by atoms with Crippen molar-refractivity contribution in [3.8, 4) is 0 Å². The quantitative estimate of drug-likeness (QED) is 0.865. The number of hydrogen-bond acceptors (Lipinski definition) is 3. The molecule has 1 atom stereocenters. The fraction of sp³-hybridized carbons (Fsp3) is 0.556. The third-order valence-electron chi connectivity index (χ3n) is 4.30. The van der Waals surface area contributed by atoms with Gasteiger partial charge in [0.1, 0.15) is 5.60 Å². The first kappa shape index (κ1) is 15.8. The first-order valence-electron chi connectivity index (χ1n) is 8.22. The van der Waals surface area contributed by atoms with Crippen molar-refractivity contribution in [2.24, 2.45) is 0 Å². The van der Waals surface area contributed by atoms with E-state index < -0.39 is 5.60 Å². The van der Waals surface area contributed by atoms with Gasteiger partial charge in [0.2, 0.25) is 5.91 Å². The summed E-state index contributed by atoms with van der Waals surface area (Å²) in [7, 11) is 0. The standard InChI is InChI=1S/C18H24N2O3/c1-18(2,3)23-17(22)20-8-4-5-14(11-20)12-6-7-13-10-16(21)19-15(13)9-12/h6-7,9,14H,4-5,8,10-11H2,1-3H3,(H,19,21). The van der Waals surface area contributed by atoms with E-state index in [0.29, 0.717) is 18.9 Å². The third kappa shape index (κ3) is 3.66. The predicted octanol–water partition coefficient (Wildman–Crippen LogP) is 3.30. The number of amides is 2. The van der Waals surface area contributed by atoms with Gasteiger partial charge in [0.05, 0.1) is 6.42 Å². The Bertz CT molecular complexity index is 634. The second kappa shape index (κ2) is 5.87. The van der Waals surface area contributed by atoms with Gasteiger partial charge in [0, 0.05) is 24.7 Å². The Morgan fingerprint density at radius 3 is 2.87 bits per heavy atom. The number of carbonyl (C=O) groups excluding carboxylic acids is 2. The maximum atomic E-state index is 12.3. The van der Waals surface area contributed by atoms with Crippen LogP contribution in [0.5, 0.6) is 0 Å². The van der Waals surface area contributed by atoms with Crippen molar-refractivity contribution in [1.29, 1.82) is 0 Å². The van der Waals surface area contributed by atoms with Gasteiger partial charge in [-0.1, -0.05) is 12.1 Å². The Kier molecular flexibility index (Phi) is 4.04. The van der Waals surface area contributed by atoms with Crippen LogP contribution in [0.4, 0.5) is 10.5 Å². The molecule has 3 rings (SSSR count). The average Bonchev–Trinajstić information content (AvgIpc) is 2.84. The Balaban J connectivity index is 1.71. The molecule has 1 unspecified atom stereocenters. The number of ether oxygens (including phenoxy) is 1. The van der Waals surface area contributed by atoms with Crippen LogP contribution in [0, 0.1) is 0 Å². The lowest BCUT2D eigenvalue weighted by molar-refractivity contribution is -0.115. The van der Waals surface area contributed by atoms with E-state index in [0.717, 1.165) is 30.6 Å². The van der Waals surface area contributed by atoms with Gasteiger partial charge < -0.3 is 15.0 Å². The molecule has 2 amide bonds. The topological polar surface area (TPSA) is 58.6 Å². The van der Waals surface area contributed by atoms with E-state index in [-0.39, 0.29) is 12.0 Å². The molecule has 0 radical (unpaired) electrons. The number of nitrogens with one attached hydrogen (secondary N) is 1. The summed E-state index contributed by atoms with van der Waals surface area (Å²) in [5.74, 6) is 0.343. The predicted molar refractivity (Wildman–Crippen MR) is 88.6 cm³/mol. The summed E-state index contributed by atoms with van der Waals surface area (Å²) in [6.07, 6.45) is 2.24. The van der Waals surface area contributed by atoms with Crippen LogP contribution in [-0.4, -0.2) is 35.6 Å². The summed E-state index contributed by atoms with van der Waals surface area (Å²) in [5, 5.41) is 2.90. The van der Waals surface area contributed by atoms with Crippen molar-refractivity contribution < 1.29 is 14.3 Å². The van der Waals surface area contributed by atoms with Crippen LogP contribution in [-0.2, 0) is 16.0 Å². The van der Waals surface area contributed by atoms with Gasteiger partial charge in [0.25, 0.3) is 0 Å². The molecule has 124 valence electrons. The molecule has 1 aromatic rings. The second-order valence-electron chi connectivity index (χ2n) is 7.41. The molecule has 0 spiro atoms. The summed E-state index contributed by atoms with van der Waals surface area (Å²) in [6, 6.07) is 6.17. The van der Waals surface area contributed by atoms with E-state index in [1.54, 1.807) is 4.90 Å². The Hall–Kier alpha value is -2.04. The highest BCUT2D eigenvalue weighted by atomic mass is 16.6. The van der Waals surface area contributed by atoms with Gasteiger partial charge in [-0.05, 0) is 50.8 Å². The molecule has 5 nitrogen and oxygen atoms in total.